The molecule has 1 N–H and O–H groups in total. The van der Waals surface area contributed by atoms with Crippen molar-refractivity contribution >= 4 is 23.6 Å². The van der Waals surface area contributed by atoms with Crippen LogP contribution in [-0.4, -0.2) is 56.5 Å². The Bertz CT molecular complexity index is 1170. The van der Waals surface area contributed by atoms with Gasteiger partial charge in [-0.2, -0.15) is 0 Å². The molecule has 0 spiro atoms. The van der Waals surface area contributed by atoms with Gasteiger partial charge >= 0.3 is 6.09 Å². The lowest BCUT2D eigenvalue weighted by atomic mass is 9.90. The van der Waals surface area contributed by atoms with Crippen LogP contribution in [-0.2, 0) is 16.1 Å². The van der Waals surface area contributed by atoms with E-state index in [0.717, 1.165) is 36.9 Å². The number of carbonyl (C=O) groups excluding carboxylic acids is 2. The fraction of sp³-hybridized carbons (Fsp3) is 0.556. The number of nitrogens with one attached hydrogen (secondary N) is 1. The van der Waals surface area contributed by atoms with E-state index >= 15 is 0 Å². The largest absolute Gasteiger partial charge is 0.444 e. The van der Waals surface area contributed by atoms with Crippen molar-refractivity contribution in [2.24, 2.45) is 0 Å². The van der Waals surface area contributed by atoms with E-state index in [1.807, 2.05) is 32.9 Å². The van der Waals surface area contributed by atoms with Gasteiger partial charge in [0, 0.05) is 29.6 Å². The number of benzene rings is 1. The normalized spacial score (nSPS) is 19.8. The second-order valence-corrected chi connectivity index (χ2v) is 11.1. The molecule has 1 unspecified atom stereocenters. The van der Waals surface area contributed by atoms with Crippen LogP contribution in [0, 0.1) is 0 Å². The second-order valence-electron chi connectivity index (χ2n) is 10.7. The topological polar surface area (TPSA) is 95.6 Å². The Morgan fingerprint density at radius 3 is 2.61 bits per heavy atom. The molecule has 1 fully saturated rings. The summed E-state index contributed by atoms with van der Waals surface area (Å²) in [7, 11) is 0. The van der Waals surface area contributed by atoms with Gasteiger partial charge in [-0.15, -0.1) is 0 Å². The summed E-state index contributed by atoms with van der Waals surface area (Å²) in [5.41, 5.74) is 1.20. The highest BCUT2D eigenvalue weighted by Crippen LogP contribution is 2.32. The molecular weight excluding hydrogens is 480 g/mol. The van der Waals surface area contributed by atoms with E-state index in [0.29, 0.717) is 35.9 Å². The lowest BCUT2D eigenvalue weighted by Gasteiger charge is -2.37. The first kappa shape index (κ1) is 26.2. The number of H-pyrrole nitrogens is 1. The summed E-state index contributed by atoms with van der Waals surface area (Å²) >= 11 is 6.02. The number of ether oxygens (including phenoxy) is 1. The summed E-state index contributed by atoms with van der Waals surface area (Å²) in [5.74, 6) is 0.317. The SMILES string of the molecule is CCCCC1CN(C(=O)[C@H]2CCCN2C(=O)OC(C)(C)C)Cc2c1nc(-c1ccc(Cl)cc1)[nH]c2=O. The van der Waals surface area contributed by atoms with E-state index in [-0.39, 0.29) is 23.9 Å². The molecule has 2 aliphatic heterocycles. The van der Waals surface area contributed by atoms with Crippen LogP contribution in [0.15, 0.2) is 29.1 Å². The number of hydrogen-bond acceptors (Lipinski definition) is 5. The van der Waals surface area contributed by atoms with Gasteiger partial charge < -0.3 is 14.6 Å². The molecule has 0 aliphatic carbocycles. The maximum Gasteiger partial charge on any atom is 0.410 e. The molecule has 3 heterocycles. The Kier molecular flexibility index (Phi) is 7.73. The first-order valence-corrected chi connectivity index (χ1v) is 13.1. The molecule has 36 heavy (non-hydrogen) atoms. The minimum atomic E-state index is -0.636. The lowest BCUT2D eigenvalue weighted by molar-refractivity contribution is -0.137. The molecule has 2 amide bonds. The van der Waals surface area contributed by atoms with Crippen molar-refractivity contribution in [3.8, 4) is 11.4 Å². The number of likely N-dealkylation sites (tertiary alicyclic amines) is 1. The van der Waals surface area contributed by atoms with Crippen LogP contribution in [0.25, 0.3) is 11.4 Å². The third-order valence-corrected chi connectivity index (χ3v) is 6.98. The second kappa shape index (κ2) is 10.6. The number of rotatable bonds is 5. The summed E-state index contributed by atoms with van der Waals surface area (Å²) in [5, 5.41) is 0.612. The van der Waals surface area contributed by atoms with Crippen molar-refractivity contribution in [2.45, 2.75) is 83.9 Å². The molecule has 2 aromatic rings. The number of halogens is 1. The third-order valence-electron chi connectivity index (χ3n) is 6.73. The molecule has 2 atom stereocenters. The van der Waals surface area contributed by atoms with Crippen LogP contribution in [0.2, 0.25) is 5.02 Å². The zero-order valence-electron chi connectivity index (χ0n) is 21.5. The van der Waals surface area contributed by atoms with Crippen molar-refractivity contribution < 1.29 is 14.3 Å². The molecule has 8 nitrogen and oxygen atoms in total. The highest BCUT2D eigenvalue weighted by Gasteiger charge is 2.41. The zero-order chi connectivity index (χ0) is 26.0. The number of nitrogens with zero attached hydrogens (tertiary/aromatic N) is 3. The van der Waals surface area contributed by atoms with Crippen molar-refractivity contribution in [2.75, 3.05) is 13.1 Å². The molecule has 0 saturated carbocycles. The van der Waals surface area contributed by atoms with E-state index in [1.54, 1.807) is 17.0 Å². The number of amides is 2. The molecule has 0 bridgehead atoms. The van der Waals surface area contributed by atoms with Gasteiger partial charge in [0.2, 0.25) is 5.91 Å². The maximum absolute atomic E-state index is 13.7. The Morgan fingerprint density at radius 2 is 1.94 bits per heavy atom. The van der Waals surface area contributed by atoms with Crippen molar-refractivity contribution in [1.29, 1.82) is 0 Å². The molecular formula is C27H35ClN4O4. The van der Waals surface area contributed by atoms with Gasteiger partial charge in [0.1, 0.15) is 17.5 Å². The first-order chi connectivity index (χ1) is 17.1. The molecule has 1 aromatic carbocycles. The smallest absolute Gasteiger partial charge is 0.410 e. The molecule has 1 saturated heterocycles. The minimum absolute atomic E-state index is 0.0534. The van der Waals surface area contributed by atoms with E-state index in [4.69, 9.17) is 21.3 Å². The highest BCUT2D eigenvalue weighted by molar-refractivity contribution is 6.30. The molecule has 2 aliphatic rings. The number of aromatic amines is 1. The van der Waals surface area contributed by atoms with E-state index in [2.05, 4.69) is 11.9 Å². The monoisotopic (exact) mass is 514 g/mol. The third kappa shape index (κ3) is 5.75. The summed E-state index contributed by atoms with van der Waals surface area (Å²) in [4.78, 5) is 50.7. The summed E-state index contributed by atoms with van der Waals surface area (Å²) < 4.78 is 5.54. The van der Waals surface area contributed by atoms with Crippen LogP contribution >= 0.6 is 11.6 Å². The predicted octanol–water partition coefficient (Wildman–Crippen LogP) is 5.11. The van der Waals surface area contributed by atoms with Gasteiger partial charge in [0.25, 0.3) is 5.56 Å². The predicted molar refractivity (Wildman–Crippen MR) is 139 cm³/mol. The number of carbonyl (C=O) groups is 2. The number of aromatic nitrogens is 2. The maximum atomic E-state index is 13.7. The Hall–Kier alpha value is -2.87. The zero-order valence-corrected chi connectivity index (χ0v) is 22.2. The summed E-state index contributed by atoms with van der Waals surface area (Å²) in [6.45, 7) is 8.70. The molecule has 4 rings (SSSR count). The van der Waals surface area contributed by atoms with E-state index in [9.17, 15) is 14.4 Å². The number of unbranched alkanes of at least 4 members (excludes halogenated alkanes) is 1. The fourth-order valence-electron chi connectivity index (χ4n) is 4.98. The van der Waals surface area contributed by atoms with Crippen LogP contribution in [0.3, 0.4) is 0 Å². The number of fused-ring (bicyclic) bond motifs is 1. The van der Waals surface area contributed by atoms with Gasteiger partial charge in [0.05, 0.1) is 17.8 Å². The van der Waals surface area contributed by atoms with Crippen LogP contribution < -0.4 is 5.56 Å². The van der Waals surface area contributed by atoms with Crippen LogP contribution in [0.4, 0.5) is 4.79 Å². The van der Waals surface area contributed by atoms with Gasteiger partial charge in [-0.25, -0.2) is 9.78 Å². The van der Waals surface area contributed by atoms with E-state index in [1.165, 1.54) is 4.90 Å². The summed E-state index contributed by atoms with van der Waals surface area (Å²) in [6.07, 6.45) is 3.65. The van der Waals surface area contributed by atoms with Crippen molar-refractivity contribution in [1.82, 2.24) is 19.8 Å². The fourth-order valence-corrected chi connectivity index (χ4v) is 5.10. The van der Waals surface area contributed by atoms with Crippen LogP contribution in [0.1, 0.15) is 77.0 Å². The Balaban J connectivity index is 1.62. The standard InChI is InChI=1S/C27H35ClN4O4/c1-5-6-8-18-15-31(25(34)21-9-7-14-32(21)26(35)36-27(2,3)4)16-20-22(18)29-23(30-24(20)33)17-10-12-19(28)13-11-17/h10-13,18,21H,5-9,14-16H2,1-4H3,(H,29,30,33)/t18?,21-/m1/s1. The molecule has 9 heteroatoms. The van der Waals surface area contributed by atoms with Crippen LogP contribution in [0.5, 0.6) is 0 Å². The molecule has 0 radical (unpaired) electrons. The Morgan fingerprint density at radius 1 is 1.22 bits per heavy atom. The van der Waals surface area contributed by atoms with Gasteiger partial charge in [0.15, 0.2) is 0 Å². The molecule has 194 valence electrons. The number of hydrogen-bond donors (Lipinski definition) is 1. The van der Waals surface area contributed by atoms with Gasteiger partial charge in [-0.05, 0) is 64.3 Å². The lowest BCUT2D eigenvalue weighted by Crippen LogP contribution is -2.51. The van der Waals surface area contributed by atoms with Crippen molar-refractivity contribution in [3.05, 3.63) is 50.9 Å². The minimum Gasteiger partial charge on any atom is -0.444 e. The quantitative estimate of drug-likeness (QED) is 0.598. The average Bonchev–Trinajstić information content (AvgIpc) is 3.32. The molecule has 1 aromatic heterocycles. The highest BCUT2D eigenvalue weighted by atomic mass is 35.5. The first-order valence-electron chi connectivity index (χ1n) is 12.7. The van der Waals surface area contributed by atoms with E-state index < -0.39 is 17.7 Å². The van der Waals surface area contributed by atoms with Gasteiger partial charge in [-0.1, -0.05) is 31.4 Å². The Labute approximate surface area is 217 Å². The van der Waals surface area contributed by atoms with Gasteiger partial charge in [-0.3, -0.25) is 14.5 Å². The average molecular weight is 515 g/mol. The van der Waals surface area contributed by atoms with Crippen molar-refractivity contribution in [3.63, 3.8) is 0 Å². The summed E-state index contributed by atoms with van der Waals surface area (Å²) in [6, 6.07) is 6.62.